The number of aromatic carboxylic acids is 1. The molecule has 1 aromatic carbocycles. The van der Waals surface area contributed by atoms with E-state index in [9.17, 15) is 9.18 Å². The van der Waals surface area contributed by atoms with Crippen molar-refractivity contribution in [2.24, 2.45) is 0 Å². The van der Waals surface area contributed by atoms with Gasteiger partial charge in [-0.05, 0) is 18.2 Å². The van der Waals surface area contributed by atoms with E-state index in [1.807, 2.05) is 0 Å². The Morgan fingerprint density at radius 3 is 2.94 bits per heavy atom. The molecule has 1 N–H and O–H groups in total. The molecular formula is C11H8FNO3. The second kappa shape index (κ2) is 3.77. The van der Waals surface area contributed by atoms with Crippen molar-refractivity contribution < 1.29 is 19.0 Å². The minimum absolute atomic E-state index is 0.0751. The highest BCUT2D eigenvalue weighted by atomic mass is 19.1. The number of ether oxygens (including phenoxy) is 1. The number of benzene rings is 1. The number of rotatable bonds is 2. The Kier molecular flexibility index (Phi) is 2.44. The van der Waals surface area contributed by atoms with Crippen molar-refractivity contribution in [1.29, 1.82) is 0 Å². The SMILES string of the molecule is COc1cc(C(=O)O)c2ncccc2c1F. The van der Waals surface area contributed by atoms with Gasteiger partial charge in [0.2, 0.25) is 0 Å². The number of hydrogen-bond donors (Lipinski definition) is 1. The van der Waals surface area contributed by atoms with E-state index in [4.69, 9.17) is 9.84 Å². The Labute approximate surface area is 90.3 Å². The van der Waals surface area contributed by atoms with Crippen LogP contribution in [0, 0.1) is 5.82 Å². The summed E-state index contributed by atoms with van der Waals surface area (Å²) in [5.74, 6) is -1.87. The van der Waals surface area contributed by atoms with Crippen molar-refractivity contribution in [3.8, 4) is 5.75 Å². The van der Waals surface area contributed by atoms with Gasteiger partial charge in [0.05, 0.1) is 18.2 Å². The zero-order valence-electron chi connectivity index (χ0n) is 8.40. The zero-order valence-corrected chi connectivity index (χ0v) is 8.40. The van der Waals surface area contributed by atoms with Crippen LogP contribution in [0.5, 0.6) is 5.75 Å². The average molecular weight is 221 g/mol. The van der Waals surface area contributed by atoms with E-state index in [0.717, 1.165) is 6.07 Å². The molecule has 0 fully saturated rings. The standard InChI is InChI=1S/C11H8FNO3/c1-16-8-5-7(11(14)15)10-6(9(8)12)3-2-4-13-10/h2-5H,1H3,(H,14,15). The number of carboxylic acid groups (broad SMARTS) is 1. The van der Waals surface area contributed by atoms with Crippen LogP contribution in [0.25, 0.3) is 10.9 Å². The van der Waals surface area contributed by atoms with Crippen LogP contribution in [0.15, 0.2) is 24.4 Å². The van der Waals surface area contributed by atoms with Crippen LogP contribution < -0.4 is 4.74 Å². The van der Waals surface area contributed by atoms with E-state index >= 15 is 0 Å². The first-order valence-corrected chi connectivity index (χ1v) is 4.49. The second-order valence-corrected chi connectivity index (χ2v) is 3.15. The van der Waals surface area contributed by atoms with Crippen molar-refractivity contribution in [1.82, 2.24) is 4.98 Å². The molecule has 5 heteroatoms. The molecule has 0 amide bonds. The molecule has 0 saturated heterocycles. The highest BCUT2D eigenvalue weighted by Crippen LogP contribution is 2.28. The molecule has 4 nitrogen and oxygen atoms in total. The third-order valence-corrected chi connectivity index (χ3v) is 2.24. The van der Waals surface area contributed by atoms with Gasteiger partial charge in [0.25, 0.3) is 0 Å². The Hall–Kier alpha value is -2.17. The van der Waals surface area contributed by atoms with Crippen LogP contribution in [0.1, 0.15) is 10.4 Å². The summed E-state index contributed by atoms with van der Waals surface area (Å²) >= 11 is 0. The number of hydrogen-bond acceptors (Lipinski definition) is 3. The van der Waals surface area contributed by atoms with E-state index < -0.39 is 11.8 Å². The summed E-state index contributed by atoms with van der Waals surface area (Å²) in [4.78, 5) is 14.8. The molecule has 0 aliphatic heterocycles. The van der Waals surface area contributed by atoms with Crippen molar-refractivity contribution >= 4 is 16.9 Å². The van der Waals surface area contributed by atoms with Crippen LogP contribution in [0.4, 0.5) is 4.39 Å². The van der Waals surface area contributed by atoms with Gasteiger partial charge in [-0.25, -0.2) is 9.18 Å². The maximum absolute atomic E-state index is 13.8. The fraction of sp³-hybridized carbons (Fsp3) is 0.0909. The Morgan fingerprint density at radius 2 is 2.31 bits per heavy atom. The molecule has 1 aromatic heterocycles. The van der Waals surface area contributed by atoms with E-state index in [1.54, 1.807) is 0 Å². The van der Waals surface area contributed by atoms with Gasteiger partial charge in [0, 0.05) is 11.6 Å². The molecule has 2 rings (SSSR count). The summed E-state index contributed by atoms with van der Waals surface area (Å²) in [7, 11) is 1.28. The fourth-order valence-corrected chi connectivity index (χ4v) is 1.50. The second-order valence-electron chi connectivity index (χ2n) is 3.15. The largest absolute Gasteiger partial charge is 0.494 e. The minimum atomic E-state index is -1.16. The van der Waals surface area contributed by atoms with Gasteiger partial charge in [-0.1, -0.05) is 0 Å². The van der Waals surface area contributed by atoms with Gasteiger partial charge in [-0.3, -0.25) is 4.98 Å². The lowest BCUT2D eigenvalue weighted by atomic mass is 10.1. The number of halogens is 1. The molecule has 0 saturated carbocycles. The van der Waals surface area contributed by atoms with Crippen LogP contribution in [0.3, 0.4) is 0 Å². The lowest BCUT2D eigenvalue weighted by Gasteiger charge is -2.07. The molecule has 2 aromatic rings. The predicted octanol–water partition coefficient (Wildman–Crippen LogP) is 2.08. The Bertz CT molecular complexity index is 568. The van der Waals surface area contributed by atoms with Gasteiger partial charge in [-0.15, -0.1) is 0 Å². The number of nitrogens with zero attached hydrogens (tertiary/aromatic N) is 1. The van der Waals surface area contributed by atoms with Gasteiger partial charge in [-0.2, -0.15) is 0 Å². The lowest BCUT2D eigenvalue weighted by Crippen LogP contribution is -2.02. The van der Waals surface area contributed by atoms with Crippen molar-refractivity contribution in [2.45, 2.75) is 0 Å². The zero-order chi connectivity index (χ0) is 11.7. The lowest BCUT2D eigenvalue weighted by molar-refractivity contribution is 0.0698. The first kappa shape index (κ1) is 10.4. The van der Waals surface area contributed by atoms with E-state index in [2.05, 4.69) is 4.98 Å². The maximum atomic E-state index is 13.8. The molecule has 1 heterocycles. The molecule has 0 aliphatic carbocycles. The smallest absolute Gasteiger partial charge is 0.338 e. The van der Waals surface area contributed by atoms with Gasteiger partial charge in [0.15, 0.2) is 11.6 Å². The third-order valence-electron chi connectivity index (χ3n) is 2.24. The molecule has 0 aliphatic rings. The molecule has 0 spiro atoms. The molecule has 0 radical (unpaired) electrons. The summed E-state index contributed by atoms with van der Waals surface area (Å²) < 4.78 is 18.5. The quantitative estimate of drug-likeness (QED) is 0.843. The van der Waals surface area contributed by atoms with E-state index in [1.165, 1.54) is 25.4 Å². The summed E-state index contributed by atoms with van der Waals surface area (Å²) in [5.41, 5.74) is 0.0437. The number of fused-ring (bicyclic) bond motifs is 1. The monoisotopic (exact) mass is 221 g/mol. The van der Waals surface area contributed by atoms with Crippen LogP contribution >= 0.6 is 0 Å². The third kappa shape index (κ3) is 1.46. The maximum Gasteiger partial charge on any atom is 0.338 e. The normalized spacial score (nSPS) is 10.4. The van der Waals surface area contributed by atoms with Crippen molar-refractivity contribution in [3.05, 3.63) is 35.8 Å². The van der Waals surface area contributed by atoms with Crippen LogP contribution in [0.2, 0.25) is 0 Å². The number of pyridine rings is 1. The first-order chi connectivity index (χ1) is 7.65. The van der Waals surface area contributed by atoms with E-state index in [-0.39, 0.29) is 22.2 Å². The van der Waals surface area contributed by atoms with Crippen molar-refractivity contribution in [3.63, 3.8) is 0 Å². The average Bonchev–Trinajstić information content (AvgIpc) is 2.29. The molecule has 0 bridgehead atoms. The van der Waals surface area contributed by atoms with Gasteiger partial charge < -0.3 is 9.84 Å². The van der Waals surface area contributed by atoms with E-state index in [0.29, 0.717) is 0 Å². The highest BCUT2D eigenvalue weighted by Gasteiger charge is 2.17. The molecular weight excluding hydrogens is 213 g/mol. The fourth-order valence-electron chi connectivity index (χ4n) is 1.50. The summed E-state index contributed by atoms with van der Waals surface area (Å²) in [5, 5.41) is 9.11. The number of carbonyl (C=O) groups is 1. The highest BCUT2D eigenvalue weighted by molar-refractivity contribution is 6.02. The van der Waals surface area contributed by atoms with Gasteiger partial charge >= 0.3 is 5.97 Å². The summed E-state index contributed by atoms with van der Waals surface area (Å²) in [6.07, 6.45) is 1.42. The summed E-state index contributed by atoms with van der Waals surface area (Å²) in [6.45, 7) is 0. The topological polar surface area (TPSA) is 59.4 Å². The van der Waals surface area contributed by atoms with Crippen LogP contribution in [-0.2, 0) is 0 Å². The molecule has 0 unspecified atom stereocenters. The Balaban J connectivity index is 2.90. The number of carboxylic acids is 1. The summed E-state index contributed by atoms with van der Waals surface area (Å²) in [6, 6.07) is 4.14. The Morgan fingerprint density at radius 1 is 1.56 bits per heavy atom. The number of methoxy groups -OCH3 is 1. The molecule has 0 atom stereocenters. The first-order valence-electron chi connectivity index (χ1n) is 4.49. The van der Waals surface area contributed by atoms with Gasteiger partial charge in [0.1, 0.15) is 0 Å². The molecule has 16 heavy (non-hydrogen) atoms. The predicted molar refractivity (Wildman–Crippen MR) is 55.2 cm³/mol. The minimum Gasteiger partial charge on any atom is -0.494 e. The molecule has 82 valence electrons. The van der Waals surface area contributed by atoms with Crippen LogP contribution in [-0.4, -0.2) is 23.2 Å². The number of aromatic nitrogens is 1. The van der Waals surface area contributed by atoms with Crippen molar-refractivity contribution in [2.75, 3.05) is 7.11 Å².